The molecule has 1 fully saturated rings. The summed E-state index contributed by atoms with van der Waals surface area (Å²) in [5.41, 5.74) is 0.381. The molecule has 1 saturated heterocycles. The van der Waals surface area contributed by atoms with Crippen LogP contribution in [0.4, 0.5) is 10.1 Å². The highest BCUT2D eigenvalue weighted by Crippen LogP contribution is 2.36. The number of morpholine rings is 1. The Morgan fingerprint density at radius 3 is 2.46 bits per heavy atom. The van der Waals surface area contributed by atoms with Crippen LogP contribution in [-0.2, 0) is 19.6 Å². The first-order valence-electron chi connectivity index (χ1n) is 12.3. The number of amides is 1. The standard InChI is InChI=1S/C26H29FN4O7S/c1-4-16(2)24(32)28-19-7-10-21(22(15-19)39(35,36)30-11-13-37-14-12-30)38-25-17(3)23(26(33)34)29-31(25)20-8-5-18(27)6-9-20/h5-10,15-16H,4,11-14H2,1-3H3,(H,28,32)(H,33,34)/t16-/m1/s1. The molecule has 4 rings (SSSR count). The number of anilines is 1. The van der Waals surface area contributed by atoms with Gasteiger partial charge in [-0.15, -0.1) is 0 Å². The molecule has 0 unspecified atom stereocenters. The normalized spacial score (nSPS) is 15.1. The van der Waals surface area contributed by atoms with E-state index in [4.69, 9.17) is 9.47 Å². The topological polar surface area (TPSA) is 140 Å². The molecule has 1 aliphatic rings. The number of carbonyl (C=O) groups is 2. The molecule has 1 aromatic heterocycles. The third kappa shape index (κ3) is 5.95. The molecule has 2 aromatic carbocycles. The molecule has 13 heteroatoms. The van der Waals surface area contributed by atoms with Gasteiger partial charge in [-0.05, 0) is 55.8 Å². The minimum Gasteiger partial charge on any atom is -0.476 e. The Hall–Kier alpha value is -3.81. The maximum atomic E-state index is 13.7. The van der Waals surface area contributed by atoms with Crippen LogP contribution in [0.3, 0.4) is 0 Å². The summed E-state index contributed by atoms with van der Waals surface area (Å²) in [6.07, 6.45) is 0.602. The molecule has 0 spiro atoms. The van der Waals surface area contributed by atoms with Gasteiger partial charge in [-0.1, -0.05) is 13.8 Å². The van der Waals surface area contributed by atoms with Crippen LogP contribution in [-0.4, -0.2) is 65.8 Å². The third-order valence-corrected chi connectivity index (χ3v) is 8.33. The fourth-order valence-electron chi connectivity index (χ4n) is 3.91. The zero-order valence-electron chi connectivity index (χ0n) is 21.7. The maximum Gasteiger partial charge on any atom is 0.356 e. The molecule has 11 nitrogen and oxygen atoms in total. The van der Waals surface area contributed by atoms with Crippen LogP contribution < -0.4 is 10.1 Å². The summed E-state index contributed by atoms with van der Waals surface area (Å²) in [5, 5.41) is 16.5. The van der Waals surface area contributed by atoms with Crippen molar-refractivity contribution in [3.05, 3.63) is 59.5 Å². The molecule has 1 amide bonds. The van der Waals surface area contributed by atoms with Crippen molar-refractivity contribution in [1.29, 1.82) is 0 Å². The van der Waals surface area contributed by atoms with Crippen LogP contribution in [0.2, 0.25) is 0 Å². The van der Waals surface area contributed by atoms with Crippen molar-refractivity contribution in [2.75, 3.05) is 31.6 Å². The molecule has 2 N–H and O–H groups in total. The molecule has 1 atom stereocenters. The van der Waals surface area contributed by atoms with Crippen LogP contribution in [0.15, 0.2) is 47.4 Å². The van der Waals surface area contributed by atoms with Gasteiger partial charge in [0.15, 0.2) is 5.69 Å². The zero-order valence-corrected chi connectivity index (χ0v) is 22.5. The summed E-state index contributed by atoms with van der Waals surface area (Å²) in [6.45, 7) is 5.80. The van der Waals surface area contributed by atoms with Crippen molar-refractivity contribution >= 4 is 27.6 Å². The molecule has 0 bridgehead atoms. The monoisotopic (exact) mass is 560 g/mol. The molecule has 208 valence electrons. The number of aromatic carboxylic acids is 1. The maximum absolute atomic E-state index is 13.7. The quantitative estimate of drug-likeness (QED) is 0.403. The van der Waals surface area contributed by atoms with E-state index in [1.807, 2.05) is 6.92 Å². The van der Waals surface area contributed by atoms with Crippen molar-refractivity contribution in [1.82, 2.24) is 14.1 Å². The summed E-state index contributed by atoms with van der Waals surface area (Å²) < 4.78 is 54.8. The molecule has 2 heterocycles. The number of carboxylic acid groups (broad SMARTS) is 1. The van der Waals surface area contributed by atoms with Gasteiger partial charge in [0.25, 0.3) is 0 Å². The predicted octanol–water partition coefficient (Wildman–Crippen LogP) is 3.82. The summed E-state index contributed by atoms with van der Waals surface area (Å²) >= 11 is 0. The minimum absolute atomic E-state index is 0.0613. The molecule has 0 saturated carbocycles. The highest BCUT2D eigenvalue weighted by atomic mass is 32.2. The number of carboxylic acids is 1. The molecule has 39 heavy (non-hydrogen) atoms. The summed E-state index contributed by atoms with van der Waals surface area (Å²) in [7, 11) is -4.12. The van der Waals surface area contributed by atoms with E-state index in [1.165, 1.54) is 58.4 Å². The van der Waals surface area contributed by atoms with Crippen LogP contribution >= 0.6 is 0 Å². The number of carbonyl (C=O) groups excluding carboxylic acids is 1. The first-order chi connectivity index (χ1) is 18.5. The van der Waals surface area contributed by atoms with Crippen molar-refractivity contribution in [3.8, 4) is 17.3 Å². The number of nitrogens with one attached hydrogen (secondary N) is 1. The van der Waals surface area contributed by atoms with E-state index >= 15 is 0 Å². The Balaban J connectivity index is 1.83. The van der Waals surface area contributed by atoms with Crippen LogP contribution in [0.1, 0.15) is 36.3 Å². The number of nitrogens with zero attached hydrogens (tertiary/aromatic N) is 3. The molecule has 3 aromatic rings. The average Bonchev–Trinajstić information content (AvgIpc) is 3.25. The SMILES string of the molecule is CC[C@@H](C)C(=O)Nc1ccc(Oc2c(C)c(C(=O)O)nn2-c2ccc(F)cc2)c(S(=O)(=O)N2CCOCC2)c1. The van der Waals surface area contributed by atoms with Gasteiger partial charge in [-0.2, -0.15) is 14.1 Å². The second-order valence-corrected chi connectivity index (χ2v) is 11.0. The number of hydrogen-bond donors (Lipinski definition) is 2. The number of sulfonamides is 1. The van der Waals surface area contributed by atoms with Gasteiger partial charge in [-0.3, -0.25) is 4.79 Å². The van der Waals surface area contributed by atoms with E-state index in [9.17, 15) is 27.5 Å². The number of hydrogen-bond acceptors (Lipinski definition) is 7. The molecule has 0 radical (unpaired) electrons. The van der Waals surface area contributed by atoms with Gasteiger partial charge in [0.2, 0.25) is 21.8 Å². The number of aromatic nitrogens is 2. The lowest BCUT2D eigenvalue weighted by Gasteiger charge is -2.27. The fourth-order valence-corrected chi connectivity index (χ4v) is 5.46. The summed E-state index contributed by atoms with van der Waals surface area (Å²) in [6, 6.07) is 9.34. The van der Waals surface area contributed by atoms with Crippen molar-refractivity contribution in [2.45, 2.75) is 32.1 Å². The van der Waals surface area contributed by atoms with Gasteiger partial charge >= 0.3 is 5.97 Å². The molecule has 1 aliphatic heterocycles. The van der Waals surface area contributed by atoms with Crippen molar-refractivity contribution in [3.63, 3.8) is 0 Å². The Labute approximate surface area is 225 Å². The second kappa shape index (κ2) is 11.5. The highest BCUT2D eigenvalue weighted by Gasteiger charge is 2.32. The van der Waals surface area contributed by atoms with E-state index < -0.39 is 21.8 Å². The smallest absolute Gasteiger partial charge is 0.356 e. The third-order valence-electron chi connectivity index (χ3n) is 6.41. The Morgan fingerprint density at radius 1 is 1.18 bits per heavy atom. The number of benzene rings is 2. The summed E-state index contributed by atoms with van der Waals surface area (Å²) in [4.78, 5) is 24.1. The average molecular weight is 561 g/mol. The lowest BCUT2D eigenvalue weighted by Crippen LogP contribution is -2.40. The van der Waals surface area contributed by atoms with E-state index in [2.05, 4.69) is 10.4 Å². The Bertz CT molecular complexity index is 1480. The lowest BCUT2D eigenvalue weighted by atomic mass is 10.1. The number of halogens is 1. The zero-order chi connectivity index (χ0) is 28.3. The first-order valence-corrected chi connectivity index (χ1v) is 13.8. The fraction of sp³-hybridized carbons (Fsp3) is 0.346. The van der Waals surface area contributed by atoms with Gasteiger partial charge in [0, 0.05) is 30.3 Å². The Kier molecular flexibility index (Phi) is 8.33. The number of rotatable bonds is 9. The van der Waals surface area contributed by atoms with E-state index in [1.54, 1.807) is 6.92 Å². The van der Waals surface area contributed by atoms with Crippen LogP contribution in [0, 0.1) is 18.7 Å². The first kappa shape index (κ1) is 28.2. The van der Waals surface area contributed by atoms with E-state index in [0.717, 1.165) is 0 Å². The van der Waals surface area contributed by atoms with Crippen LogP contribution in [0.25, 0.3) is 5.69 Å². The number of ether oxygens (including phenoxy) is 2. The summed E-state index contributed by atoms with van der Waals surface area (Å²) in [5.74, 6) is -2.54. The molecular formula is C26H29FN4O7S. The van der Waals surface area contributed by atoms with Crippen LogP contribution in [0.5, 0.6) is 11.6 Å². The molecular weight excluding hydrogens is 531 g/mol. The minimum atomic E-state index is -4.12. The van der Waals surface area contributed by atoms with E-state index in [-0.39, 0.29) is 71.6 Å². The largest absolute Gasteiger partial charge is 0.476 e. The predicted molar refractivity (Wildman–Crippen MR) is 139 cm³/mol. The van der Waals surface area contributed by atoms with Gasteiger partial charge in [-0.25, -0.2) is 17.6 Å². The van der Waals surface area contributed by atoms with Crippen molar-refractivity contribution in [2.24, 2.45) is 5.92 Å². The van der Waals surface area contributed by atoms with Gasteiger partial charge in [0.1, 0.15) is 16.5 Å². The highest BCUT2D eigenvalue weighted by molar-refractivity contribution is 7.89. The van der Waals surface area contributed by atoms with Crippen molar-refractivity contribution < 1.29 is 37.0 Å². The second-order valence-electron chi connectivity index (χ2n) is 9.05. The molecule has 0 aliphatic carbocycles. The lowest BCUT2D eigenvalue weighted by molar-refractivity contribution is -0.119. The van der Waals surface area contributed by atoms with E-state index in [0.29, 0.717) is 12.1 Å². The Morgan fingerprint density at radius 2 is 1.85 bits per heavy atom. The van der Waals surface area contributed by atoms with Gasteiger partial charge in [0.05, 0.1) is 18.9 Å². The van der Waals surface area contributed by atoms with Gasteiger partial charge < -0.3 is 19.9 Å².